The normalized spacial score (nSPS) is 32.0. The van der Waals surface area contributed by atoms with Gasteiger partial charge in [0.1, 0.15) is 18.7 Å². The Morgan fingerprint density at radius 2 is 2.30 bits per heavy atom. The first-order valence-corrected chi connectivity index (χ1v) is 3.11. The highest BCUT2D eigenvalue weighted by Gasteiger charge is 2.29. The maximum atomic E-state index is 10.0. The minimum absolute atomic E-state index is 0.0381. The molecule has 0 saturated carbocycles. The summed E-state index contributed by atoms with van der Waals surface area (Å²) in [6.45, 7) is 0.549. The van der Waals surface area contributed by atoms with Gasteiger partial charge < -0.3 is 4.74 Å². The van der Waals surface area contributed by atoms with Crippen LogP contribution in [-0.2, 0) is 4.74 Å². The van der Waals surface area contributed by atoms with E-state index in [1.54, 1.807) is 0 Å². The molecule has 5 heteroatoms. The van der Waals surface area contributed by atoms with Crippen molar-refractivity contribution in [3.63, 3.8) is 0 Å². The van der Waals surface area contributed by atoms with E-state index in [0.29, 0.717) is 13.0 Å². The highest BCUT2D eigenvalue weighted by Crippen LogP contribution is 2.16. The van der Waals surface area contributed by atoms with Crippen LogP contribution in [0.1, 0.15) is 6.42 Å². The van der Waals surface area contributed by atoms with Crippen molar-refractivity contribution in [2.24, 2.45) is 10.4 Å². The van der Waals surface area contributed by atoms with Crippen molar-refractivity contribution in [2.45, 2.75) is 18.6 Å². The highest BCUT2D eigenvalue weighted by molar-refractivity contribution is 4.83. The van der Waals surface area contributed by atoms with E-state index in [1.807, 2.05) is 0 Å². The fourth-order valence-electron chi connectivity index (χ4n) is 1.01. The number of rotatable bonds is 3. The average Bonchev–Trinajstić information content (AvgIpc) is 2.36. The van der Waals surface area contributed by atoms with E-state index in [4.69, 9.17) is 4.74 Å². The first-order valence-electron chi connectivity index (χ1n) is 3.11. The second-order valence-corrected chi connectivity index (χ2v) is 2.18. The SMILES string of the molecule is O=NC[C@H]1OCC[C@H]1N=O. The van der Waals surface area contributed by atoms with Gasteiger partial charge in [-0.05, 0) is 6.42 Å². The summed E-state index contributed by atoms with van der Waals surface area (Å²) in [5.74, 6) is 0. The summed E-state index contributed by atoms with van der Waals surface area (Å²) >= 11 is 0. The molecule has 0 unspecified atom stereocenters. The first kappa shape index (κ1) is 7.27. The molecule has 1 saturated heterocycles. The Morgan fingerprint density at radius 1 is 1.50 bits per heavy atom. The number of ether oxygens (including phenoxy) is 1. The van der Waals surface area contributed by atoms with Gasteiger partial charge in [-0.15, -0.1) is 0 Å². The summed E-state index contributed by atoms with van der Waals surface area (Å²) in [5.41, 5.74) is 0. The van der Waals surface area contributed by atoms with Crippen LogP contribution in [0, 0.1) is 9.81 Å². The lowest BCUT2D eigenvalue weighted by Crippen LogP contribution is -2.21. The van der Waals surface area contributed by atoms with E-state index in [9.17, 15) is 9.81 Å². The quantitative estimate of drug-likeness (QED) is 0.547. The lowest BCUT2D eigenvalue weighted by molar-refractivity contribution is 0.111. The molecule has 5 nitrogen and oxygen atoms in total. The zero-order valence-corrected chi connectivity index (χ0v) is 5.40. The van der Waals surface area contributed by atoms with Crippen LogP contribution in [0.4, 0.5) is 0 Å². The van der Waals surface area contributed by atoms with Gasteiger partial charge in [-0.2, -0.15) is 9.81 Å². The molecule has 1 heterocycles. The molecule has 10 heavy (non-hydrogen) atoms. The van der Waals surface area contributed by atoms with Gasteiger partial charge in [0.2, 0.25) is 0 Å². The Balaban J connectivity index is 2.41. The van der Waals surface area contributed by atoms with Crippen molar-refractivity contribution in [3.8, 4) is 0 Å². The minimum atomic E-state index is -0.366. The fourth-order valence-corrected chi connectivity index (χ4v) is 1.01. The zero-order valence-electron chi connectivity index (χ0n) is 5.40. The van der Waals surface area contributed by atoms with Gasteiger partial charge in [-0.25, -0.2) is 0 Å². The van der Waals surface area contributed by atoms with Crippen LogP contribution in [0.15, 0.2) is 10.4 Å². The van der Waals surface area contributed by atoms with Gasteiger partial charge in [-0.1, -0.05) is 10.4 Å². The second-order valence-electron chi connectivity index (χ2n) is 2.18. The summed E-state index contributed by atoms with van der Waals surface area (Å²) in [4.78, 5) is 19.8. The van der Waals surface area contributed by atoms with E-state index >= 15 is 0 Å². The Morgan fingerprint density at radius 3 is 2.90 bits per heavy atom. The molecule has 0 bridgehead atoms. The summed E-state index contributed by atoms with van der Waals surface area (Å²) in [7, 11) is 0. The van der Waals surface area contributed by atoms with E-state index in [-0.39, 0.29) is 18.7 Å². The van der Waals surface area contributed by atoms with Crippen LogP contribution in [0.25, 0.3) is 0 Å². The zero-order chi connectivity index (χ0) is 7.40. The third kappa shape index (κ3) is 1.36. The van der Waals surface area contributed by atoms with E-state index < -0.39 is 0 Å². The van der Waals surface area contributed by atoms with Gasteiger partial charge in [-0.3, -0.25) is 0 Å². The van der Waals surface area contributed by atoms with Gasteiger partial charge in [0.25, 0.3) is 0 Å². The Labute approximate surface area is 57.7 Å². The fraction of sp³-hybridized carbons (Fsp3) is 1.00. The number of nitroso groups, excluding NO2 is 2. The molecule has 1 aliphatic heterocycles. The Kier molecular flexibility index (Phi) is 2.44. The molecule has 2 atom stereocenters. The van der Waals surface area contributed by atoms with Crippen LogP contribution in [-0.4, -0.2) is 25.3 Å². The third-order valence-corrected chi connectivity index (χ3v) is 1.56. The van der Waals surface area contributed by atoms with Gasteiger partial charge in [0.15, 0.2) is 0 Å². The number of hydrogen-bond donors (Lipinski definition) is 0. The molecule has 56 valence electrons. The van der Waals surface area contributed by atoms with Crippen LogP contribution in [0.3, 0.4) is 0 Å². The molecule has 0 amide bonds. The van der Waals surface area contributed by atoms with Gasteiger partial charge in [0, 0.05) is 6.61 Å². The van der Waals surface area contributed by atoms with Crippen LogP contribution >= 0.6 is 0 Å². The topological polar surface area (TPSA) is 68.1 Å². The molecule has 0 aliphatic carbocycles. The van der Waals surface area contributed by atoms with Crippen molar-refractivity contribution in [1.82, 2.24) is 0 Å². The summed E-state index contributed by atoms with van der Waals surface area (Å²) in [6.07, 6.45) is 0.249. The molecule has 1 aliphatic rings. The molecular weight excluding hydrogens is 136 g/mol. The average molecular weight is 144 g/mol. The second kappa shape index (κ2) is 3.36. The molecule has 0 aromatic rings. The largest absolute Gasteiger partial charge is 0.374 e. The van der Waals surface area contributed by atoms with Crippen molar-refractivity contribution < 1.29 is 4.74 Å². The standard InChI is InChI=1S/C5H8N2O3/c8-6-3-5-4(7-9)1-2-10-5/h4-5H,1-3H2/t4-,5-/m1/s1. The monoisotopic (exact) mass is 144 g/mol. The van der Waals surface area contributed by atoms with Crippen LogP contribution in [0.2, 0.25) is 0 Å². The summed E-state index contributed by atoms with van der Waals surface area (Å²) < 4.78 is 5.01. The van der Waals surface area contributed by atoms with Crippen molar-refractivity contribution in [3.05, 3.63) is 9.81 Å². The Bertz CT molecular complexity index is 139. The van der Waals surface area contributed by atoms with Crippen LogP contribution < -0.4 is 0 Å². The van der Waals surface area contributed by atoms with Gasteiger partial charge >= 0.3 is 0 Å². The first-order chi connectivity index (χ1) is 4.88. The molecular formula is C5H8N2O3. The van der Waals surface area contributed by atoms with Crippen LogP contribution in [0.5, 0.6) is 0 Å². The maximum Gasteiger partial charge on any atom is 0.122 e. The third-order valence-electron chi connectivity index (χ3n) is 1.56. The predicted molar refractivity (Wildman–Crippen MR) is 34.6 cm³/mol. The summed E-state index contributed by atoms with van der Waals surface area (Å²) in [5, 5.41) is 5.46. The molecule has 0 aromatic carbocycles. The van der Waals surface area contributed by atoms with Crippen molar-refractivity contribution in [1.29, 1.82) is 0 Å². The lowest BCUT2D eigenvalue weighted by atomic mass is 10.1. The lowest BCUT2D eigenvalue weighted by Gasteiger charge is -2.05. The molecule has 0 N–H and O–H groups in total. The van der Waals surface area contributed by atoms with Crippen molar-refractivity contribution in [2.75, 3.05) is 13.2 Å². The maximum absolute atomic E-state index is 10.0. The predicted octanol–water partition coefficient (Wildman–Crippen LogP) is 0.677. The van der Waals surface area contributed by atoms with Crippen molar-refractivity contribution >= 4 is 0 Å². The number of hydrogen-bond acceptors (Lipinski definition) is 5. The smallest absolute Gasteiger partial charge is 0.122 e. The number of nitrogens with zero attached hydrogens (tertiary/aromatic N) is 2. The molecule has 1 rings (SSSR count). The van der Waals surface area contributed by atoms with E-state index in [2.05, 4.69) is 10.4 Å². The molecule has 1 fully saturated rings. The highest BCUT2D eigenvalue weighted by atomic mass is 16.5. The minimum Gasteiger partial charge on any atom is -0.374 e. The molecule has 0 spiro atoms. The van der Waals surface area contributed by atoms with E-state index in [1.165, 1.54) is 0 Å². The summed E-state index contributed by atoms with van der Waals surface area (Å²) in [6, 6.07) is -0.363. The molecule has 0 aromatic heterocycles. The van der Waals surface area contributed by atoms with Gasteiger partial charge in [0.05, 0.1) is 0 Å². The van der Waals surface area contributed by atoms with E-state index in [0.717, 1.165) is 0 Å². The Hall–Kier alpha value is -0.840. The molecule has 0 radical (unpaired) electrons.